The molecular weight excluding hydrogens is 147 g/mol. The van der Waals surface area contributed by atoms with Gasteiger partial charge >= 0.3 is 6.18 Å². The molecule has 0 unspecified atom stereocenters. The predicted molar refractivity (Wildman–Crippen MR) is 30.1 cm³/mol. The quantitative estimate of drug-likeness (QED) is 0.348. The van der Waals surface area contributed by atoms with E-state index in [1.807, 2.05) is 0 Å². The smallest absolute Gasteiger partial charge is 0.411 e. The minimum atomic E-state index is -4.33. The van der Waals surface area contributed by atoms with Crippen LogP contribution in [0.4, 0.5) is 13.2 Å². The van der Waals surface area contributed by atoms with Gasteiger partial charge in [-0.15, -0.1) is 0 Å². The molecule has 0 radical (unpaired) electrons. The molecule has 1 N–H and O–H groups in total. The van der Waals surface area contributed by atoms with Crippen LogP contribution < -0.4 is 0 Å². The molecule has 0 aliphatic heterocycles. The molecule has 0 rings (SSSR count). The maximum Gasteiger partial charge on any atom is 0.412 e. The number of allylic oxidation sites excluding steroid dienone is 2. The number of oxime groups is 1. The third kappa shape index (κ3) is 3.11. The summed E-state index contributed by atoms with van der Waals surface area (Å²) in [6, 6.07) is 0. The molecule has 0 saturated carbocycles. The number of nitrogens with zero attached hydrogens (tertiary/aromatic N) is 1. The molecule has 0 bridgehead atoms. The van der Waals surface area contributed by atoms with E-state index < -0.39 is 11.7 Å². The Kier molecular flexibility index (Phi) is 2.92. The molecule has 0 aromatic heterocycles. The summed E-state index contributed by atoms with van der Waals surface area (Å²) >= 11 is 0. The maximum atomic E-state index is 11.6. The summed E-state index contributed by atoms with van der Waals surface area (Å²) in [6.07, 6.45) is -2.98. The van der Waals surface area contributed by atoms with Crippen LogP contribution in [0.1, 0.15) is 6.92 Å². The summed E-state index contributed by atoms with van der Waals surface area (Å²) in [7, 11) is 0. The van der Waals surface area contributed by atoms with Crippen molar-refractivity contribution in [2.45, 2.75) is 13.1 Å². The fourth-order valence-electron chi connectivity index (χ4n) is 0.240. The van der Waals surface area contributed by atoms with Gasteiger partial charge in [-0.1, -0.05) is 5.16 Å². The first-order valence-electron chi connectivity index (χ1n) is 2.40. The number of halogens is 3. The van der Waals surface area contributed by atoms with Crippen molar-refractivity contribution in [3.63, 3.8) is 0 Å². The summed E-state index contributed by atoms with van der Waals surface area (Å²) < 4.78 is 34.7. The van der Waals surface area contributed by atoms with Gasteiger partial charge in [0.1, 0.15) is 0 Å². The van der Waals surface area contributed by atoms with Crippen molar-refractivity contribution < 1.29 is 18.4 Å². The molecule has 0 spiro atoms. The summed E-state index contributed by atoms with van der Waals surface area (Å²) in [5, 5.41) is 10.1. The van der Waals surface area contributed by atoms with Gasteiger partial charge in [0.2, 0.25) is 0 Å². The monoisotopic (exact) mass is 153 g/mol. The van der Waals surface area contributed by atoms with Crippen LogP contribution in [0.5, 0.6) is 0 Å². The normalized spacial score (nSPS) is 14.6. The molecule has 5 heteroatoms. The molecule has 0 aromatic carbocycles. The van der Waals surface area contributed by atoms with Crippen LogP contribution in [0, 0.1) is 0 Å². The van der Waals surface area contributed by atoms with Crippen molar-refractivity contribution in [1.82, 2.24) is 0 Å². The second kappa shape index (κ2) is 3.24. The van der Waals surface area contributed by atoms with Crippen molar-refractivity contribution >= 4 is 6.21 Å². The standard InChI is InChI=1S/C5H6F3NO/c1-4(2-3-9-10)5(6,7)8/h2-3,10H,1H3/b4-2+,9-3+. The lowest BCUT2D eigenvalue weighted by Crippen LogP contribution is -2.08. The summed E-state index contributed by atoms with van der Waals surface area (Å²) in [5.74, 6) is 0. The van der Waals surface area contributed by atoms with E-state index in [2.05, 4.69) is 5.16 Å². The Balaban J connectivity index is 4.20. The van der Waals surface area contributed by atoms with Gasteiger partial charge in [0, 0.05) is 5.57 Å². The first kappa shape index (κ1) is 9.00. The Morgan fingerprint density at radius 3 is 2.30 bits per heavy atom. The molecule has 0 heterocycles. The van der Waals surface area contributed by atoms with Crippen LogP contribution >= 0.6 is 0 Å². The number of alkyl halides is 3. The summed E-state index contributed by atoms with van der Waals surface area (Å²) in [5.41, 5.74) is -0.801. The largest absolute Gasteiger partial charge is 0.412 e. The van der Waals surface area contributed by atoms with Gasteiger partial charge in [0.25, 0.3) is 0 Å². The number of hydrogen-bond donors (Lipinski definition) is 1. The highest BCUT2D eigenvalue weighted by molar-refractivity contribution is 5.71. The summed E-state index contributed by atoms with van der Waals surface area (Å²) in [6.45, 7) is 0.891. The molecule has 0 aliphatic carbocycles. The van der Waals surface area contributed by atoms with E-state index in [-0.39, 0.29) is 0 Å². The lowest BCUT2D eigenvalue weighted by atomic mass is 10.3. The third-order valence-corrected chi connectivity index (χ3v) is 0.838. The zero-order valence-electron chi connectivity index (χ0n) is 5.18. The predicted octanol–water partition coefficient (Wildman–Crippen LogP) is 1.95. The van der Waals surface area contributed by atoms with Crippen LogP contribution in [0.25, 0.3) is 0 Å². The fourth-order valence-corrected chi connectivity index (χ4v) is 0.240. The van der Waals surface area contributed by atoms with Crippen LogP contribution in [0.2, 0.25) is 0 Å². The van der Waals surface area contributed by atoms with Gasteiger partial charge in [-0.2, -0.15) is 13.2 Å². The molecule has 0 atom stereocenters. The van der Waals surface area contributed by atoms with Gasteiger partial charge in [0.15, 0.2) is 0 Å². The average Bonchev–Trinajstić information content (AvgIpc) is 1.80. The molecule has 10 heavy (non-hydrogen) atoms. The highest BCUT2D eigenvalue weighted by Crippen LogP contribution is 2.23. The second-order valence-electron chi connectivity index (χ2n) is 1.61. The average molecular weight is 153 g/mol. The van der Waals surface area contributed by atoms with E-state index in [4.69, 9.17) is 5.21 Å². The Morgan fingerprint density at radius 2 is 2.00 bits per heavy atom. The first-order valence-corrected chi connectivity index (χ1v) is 2.40. The van der Waals surface area contributed by atoms with Crippen LogP contribution in [-0.2, 0) is 0 Å². The van der Waals surface area contributed by atoms with Crippen LogP contribution in [-0.4, -0.2) is 17.6 Å². The lowest BCUT2D eigenvalue weighted by molar-refractivity contribution is -0.0911. The third-order valence-electron chi connectivity index (χ3n) is 0.838. The first-order chi connectivity index (χ1) is 4.48. The highest BCUT2D eigenvalue weighted by Gasteiger charge is 2.29. The topological polar surface area (TPSA) is 32.6 Å². The SMILES string of the molecule is C/C(=C\C=N\O)C(F)(F)F. The number of hydrogen-bond acceptors (Lipinski definition) is 2. The van der Waals surface area contributed by atoms with E-state index >= 15 is 0 Å². The van der Waals surface area contributed by atoms with Crippen molar-refractivity contribution in [3.05, 3.63) is 11.6 Å². The Morgan fingerprint density at radius 1 is 1.50 bits per heavy atom. The Hall–Kier alpha value is -1.00. The molecule has 0 saturated heterocycles. The molecule has 0 fully saturated rings. The zero-order valence-corrected chi connectivity index (χ0v) is 5.18. The van der Waals surface area contributed by atoms with Crippen molar-refractivity contribution in [1.29, 1.82) is 0 Å². The van der Waals surface area contributed by atoms with Crippen LogP contribution in [0.15, 0.2) is 16.8 Å². The van der Waals surface area contributed by atoms with Crippen molar-refractivity contribution in [2.75, 3.05) is 0 Å². The van der Waals surface area contributed by atoms with E-state index in [0.717, 1.165) is 6.92 Å². The lowest BCUT2D eigenvalue weighted by Gasteiger charge is -2.03. The molecule has 58 valence electrons. The molecule has 0 amide bonds. The van der Waals surface area contributed by atoms with Gasteiger partial charge in [-0.3, -0.25) is 0 Å². The van der Waals surface area contributed by atoms with E-state index in [1.165, 1.54) is 0 Å². The molecular formula is C5H6F3NO. The highest BCUT2D eigenvalue weighted by atomic mass is 19.4. The van der Waals surface area contributed by atoms with Gasteiger partial charge in [-0.05, 0) is 13.0 Å². The van der Waals surface area contributed by atoms with Crippen molar-refractivity contribution in [3.8, 4) is 0 Å². The fraction of sp³-hybridized carbons (Fsp3) is 0.400. The Labute approximate surface area is 55.6 Å². The minimum Gasteiger partial charge on any atom is -0.411 e. The van der Waals surface area contributed by atoms with Gasteiger partial charge < -0.3 is 5.21 Å². The minimum absolute atomic E-state index is 0.669. The summed E-state index contributed by atoms with van der Waals surface area (Å²) in [4.78, 5) is 0. The maximum absolute atomic E-state index is 11.6. The van der Waals surface area contributed by atoms with Crippen LogP contribution in [0.3, 0.4) is 0 Å². The zero-order chi connectivity index (χ0) is 8.20. The number of rotatable bonds is 1. The van der Waals surface area contributed by atoms with E-state index in [1.54, 1.807) is 0 Å². The molecule has 2 nitrogen and oxygen atoms in total. The van der Waals surface area contributed by atoms with Gasteiger partial charge in [-0.25, -0.2) is 0 Å². The van der Waals surface area contributed by atoms with Gasteiger partial charge in [0.05, 0.1) is 6.21 Å². The van der Waals surface area contributed by atoms with E-state index in [9.17, 15) is 13.2 Å². The Bertz CT molecular complexity index is 159. The second-order valence-corrected chi connectivity index (χ2v) is 1.61. The van der Waals surface area contributed by atoms with E-state index in [0.29, 0.717) is 12.3 Å². The van der Waals surface area contributed by atoms with Crippen molar-refractivity contribution in [2.24, 2.45) is 5.16 Å². The molecule has 0 aliphatic rings. The molecule has 0 aromatic rings.